The number of carbonyl (C=O) groups is 1. The number of rotatable bonds is 5. The third-order valence-corrected chi connectivity index (χ3v) is 2.83. The van der Waals surface area contributed by atoms with Crippen LogP contribution in [0.2, 0.25) is 0 Å². The van der Waals surface area contributed by atoms with Crippen LogP contribution in [0.25, 0.3) is 0 Å². The molecule has 0 heterocycles. The lowest BCUT2D eigenvalue weighted by molar-refractivity contribution is -0.120. The molecule has 0 unspecified atom stereocenters. The highest BCUT2D eigenvalue weighted by Gasteiger charge is 2.03. The zero-order valence-electron chi connectivity index (χ0n) is 9.13. The van der Waals surface area contributed by atoms with E-state index >= 15 is 0 Å². The fourth-order valence-electron chi connectivity index (χ4n) is 1.17. The van der Waals surface area contributed by atoms with E-state index < -0.39 is 0 Å². The summed E-state index contributed by atoms with van der Waals surface area (Å²) < 4.78 is 6.04. The number of anilines is 1. The summed E-state index contributed by atoms with van der Waals surface area (Å²) in [6.45, 7) is 2.81. The van der Waals surface area contributed by atoms with Crippen molar-refractivity contribution >= 4 is 27.5 Å². The summed E-state index contributed by atoms with van der Waals surface area (Å²) in [4.78, 5) is 11.4. The Morgan fingerprint density at radius 3 is 2.94 bits per heavy atom. The van der Waals surface area contributed by atoms with Crippen molar-refractivity contribution in [3.8, 4) is 0 Å². The van der Waals surface area contributed by atoms with Gasteiger partial charge in [0.15, 0.2) is 0 Å². The number of hydrogen-bond donors (Lipinski definition) is 2. The molecule has 0 spiro atoms. The molecule has 1 aromatic carbocycles. The lowest BCUT2D eigenvalue weighted by Gasteiger charge is -2.07. The zero-order valence-corrected chi connectivity index (χ0v) is 10.7. The van der Waals surface area contributed by atoms with Crippen LogP contribution >= 0.6 is 15.9 Å². The van der Waals surface area contributed by atoms with Gasteiger partial charge in [0.25, 0.3) is 0 Å². The monoisotopic (exact) mass is 286 g/mol. The standard InChI is InChI=1S/C11H15BrN2O2/c1-8-6-9(2-3-10(8)12)14-11(15)7-16-5-4-13/h2-3,6H,4-5,7,13H2,1H3,(H,14,15). The largest absolute Gasteiger partial charge is 0.370 e. The molecule has 4 nitrogen and oxygen atoms in total. The highest BCUT2D eigenvalue weighted by Crippen LogP contribution is 2.19. The predicted molar refractivity (Wildman–Crippen MR) is 67.4 cm³/mol. The summed E-state index contributed by atoms with van der Waals surface area (Å²) in [5.74, 6) is -0.171. The van der Waals surface area contributed by atoms with E-state index in [1.165, 1.54) is 0 Å². The molecule has 1 aromatic rings. The topological polar surface area (TPSA) is 64.3 Å². The first-order valence-corrected chi connectivity index (χ1v) is 5.76. The van der Waals surface area contributed by atoms with Crippen molar-refractivity contribution in [3.63, 3.8) is 0 Å². The predicted octanol–water partition coefficient (Wildman–Crippen LogP) is 1.67. The number of aryl methyl sites for hydroxylation is 1. The molecule has 0 radical (unpaired) electrons. The minimum atomic E-state index is -0.171. The Kier molecular flexibility index (Phi) is 5.45. The van der Waals surface area contributed by atoms with Crippen molar-refractivity contribution in [2.24, 2.45) is 5.73 Å². The van der Waals surface area contributed by atoms with E-state index in [2.05, 4.69) is 21.2 Å². The first kappa shape index (κ1) is 13.2. The Hall–Kier alpha value is -0.910. The van der Waals surface area contributed by atoms with Gasteiger partial charge in [0.2, 0.25) is 5.91 Å². The number of carbonyl (C=O) groups excluding carboxylic acids is 1. The highest BCUT2D eigenvalue weighted by molar-refractivity contribution is 9.10. The smallest absolute Gasteiger partial charge is 0.250 e. The van der Waals surface area contributed by atoms with Gasteiger partial charge in [-0.3, -0.25) is 4.79 Å². The van der Waals surface area contributed by atoms with E-state index in [1.54, 1.807) is 0 Å². The van der Waals surface area contributed by atoms with Gasteiger partial charge >= 0.3 is 0 Å². The molecule has 0 atom stereocenters. The molecule has 1 amide bonds. The molecule has 0 aliphatic heterocycles. The van der Waals surface area contributed by atoms with Gasteiger partial charge in [-0.1, -0.05) is 15.9 Å². The van der Waals surface area contributed by atoms with Crippen molar-refractivity contribution < 1.29 is 9.53 Å². The molecule has 1 rings (SSSR count). The third kappa shape index (κ3) is 4.30. The molecule has 3 N–H and O–H groups in total. The maximum Gasteiger partial charge on any atom is 0.250 e. The first-order chi connectivity index (χ1) is 7.63. The van der Waals surface area contributed by atoms with E-state index in [0.29, 0.717) is 13.2 Å². The van der Waals surface area contributed by atoms with Gasteiger partial charge in [-0.2, -0.15) is 0 Å². The van der Waals surface area contributed by atoms with Crippen LogP contribution in [0.1, 0.15) is 5.56 Å². The van der Waals surface area contributed by atoms with Crippen LogP contribution in [0.4, 0.5) is 5.69 Å². The van der Waals surface area contributed by atoms with Crippen molar-refractivity contribution in [3.05, 3.63) is 28.2 Å². The van der Waals surface area contributed by atoms with Crippen molar-refractivity contribution in [2.75, 3.05) is 25.1 Å². The molecular formula is C11H15BrN2O2. The van der Waals surface area contributed by atoms with Crippen LogP contribution in [-0.4, -0.2) is 25.7 Å². The number of benzene rings is 1. The maximum absolute atomic E-state index is 11.4. The number of nitrogens with two attached hydrogens (primary N) is 1. The molecule has 88 valence electrons. The molecule has 0 fully saturated rings. The lowest BCUT2D eigenvalue weighted by Crippen LogP contribution is -2.20. The van der Waals surface area contributed by atoms with E-state index in [4.69, 9.17) is 10.5 Å². The molecule has 0 bridgehead atoms. The Balaban J connectivity index is 2.46. The highest BCUT2D eigenvalue weighted by atomic mass is 79.9. The van der Waals surface area contributed by atoms with Crippen molar-refractivity contribution in [1.29, 1.82) is 0 Å². The van der Waals surface area contributed by atoms with Gasteiger partial charge in [0.1, 0.15) is 6.61 Å². The first-order valence-electron chi connectivity index (χ1n) is 4.97. The molecular weight excluding hydrogens is 272 g/mol. The summed E-state index contributed by atoms with van der Waals surface area (Å²) in [6.07, 6.45) is 0. The Labute approximate surface area is 103 Å². The molecule has 0 aromatic heterocycles. The average Bonchev–Trinajstić information content (AvgIpc) is 2.24. The Morgan fingerprint density at radius 2 is 2.31 bits per heavy atom. The molecule has 0 saturated carbocycles. The van der Waals surface area contributed by atoms with E-state index in [-0.39, 0.29) is 12.5 Å². The normalized spacial score (nSPS) is 10.2. The maximum atomic E-state index is 11.4. The summed E-state index contributed by atoms with van der Waals surface area (Å²) in [7, 11) is 0. The van der Waals surface area contributed by atoms with E-state index in [9.17, 15) is 4.79 Å². The summed E-state index contributed by atoms with van der Waals surface area (Å²) in [6, 6.07) is 5.62. The van der Waals surface area contributed by atoms with Gasteiger partial charge in [-0.15, -0.1) is 0 Å². The molecule has 16 heavy (non-hydrogen) atoms. The van der Waals surface area contributed by atoms with E-state index in [1.807, 2.05) is 25.1 Å². The SMILES string of the molecule is Cc1cc(NC(=O)COCCN)ccc1Br. The summed E-state index contributed by atoms with van der Waals surface area (Å²) in [5.41, 5.74) is 7.08. The van der Waals surface area contributed by atoms with Crippen LogP contribution < -0.4 is 11.1 Å². The van der Waals surface area contributed by atoms with Crippen LogP contribution in [0, 0.1) is 6.92 Å². The fraction of sp³-hybridized carbons (Fsp3) is 0.364. The van der Waals surface area contributed by atoms with Gasteiger partial charge in [-0.05, 0) is 30.7 Å². The zero-order chi connectivity index (χ0) is 12.0. The molecule has 0 aliphatic rings. The van der Waals surface area contributed by atoms with Crippen LogP contribution in [0.3, 0.4) is 0 Å². The van der Waals surface area contributed by atoms with Gasteiger partial charge in [0.05, 0.1) is 6.61 Å². The molecule has 0 saturated heterocycles. The van der Waals surface area contributed by atoms with Crippen LogP contribution in [-0.2, 0) is 9.53 Å². The minimum Gasteiger partial charge on any atom is -0.370 e. The quantitative estimate of drug-likeness (QED) is 0.810. The van der Waals surface area contributed by atoms with Crippen LogP contribution in [0.5, 0.6) is 0 Å². The van der Waals surface area contributed by atoms with E-state index in [0.717, 1.165) is 15.7 Å². The average molecular weight is 287 g/mol. The molecule has 0 aliphatic carbocycles. The number of amides is 1. The van der Waals surface area contributed by atoms with Gasteiger partial charge < -0.3 is 15.8 Å². The van der Waals surface area contributed by atoms with Gasteiger partial charge in [0, 0.05) is 16.7 Å². The number of hydrogen-bond acceptors (Lipinski definition) is 3. The van der Waals surface area contributed by atoms with Crippen molar-refractivity contribution in [2.45, 2.75) is 6.92 Å². The fourth-order valence-corrected chi connectivity index (χ4v) is 1.41. The number of nitrogens with one attached hydrogen (secondary N) is 1. The van der Waals surface area contributed by atoms with Gasteiger partial charge in [-0.25, -0.2) is 0 Å². The Morgan fingerprint density at radius 1 is 1.56 bits per heavy atom. The third-order valence-electron chi connectivity index (χ3n) is 1.94. The second kappa shape index (κ2) is 6.62. The second-order valence-corrected chi connectivity index (χ2v) is 4.21. The minimum absolute atomic E-state index is 0.0340. The molecule has 5 heteroatoms. The van der Waals surface area contributed by atoms with Crippen LogP contribution in [0.15, 0.2) is 22.7 Å². The summed E-state index contributed by atoms with van der Waals surface area (Å²) >= 11 is 3.40. The Bertz CT molecular complexity index is 369. The number of ether oxygens (including phenoxy) is 1. The summed E-state index contributed by atoms with van der Waals surface area (Å²) in [5, 5.41) is 2.74. The van der Waals surface area contributed by atoms with Crippen molar-refractivity contribution in [1.82, 2.24) is 0 Å². The lowest BCUT2D eigenvalue weighted by atomic mass is 10.2. The number of halogens is 1. The second-order valence-electron chi connectivity index (χ2n) is 3.35.